The maximum Gasteiger partial charge on any atom is 0.197 e. The highest BCUT2D eigenvalue weighted by molar-refractivity contribution is 7.44. The number of nitrogens with zero attached hydrogens (tertiary/aromatic N) is 1. The van der Waals surface area contributed by atoms with E-state index in [1.54, 1.807) is 18.7 Å². The molecule has 0 unspecified atom stereocenters. The second-order valence-electron chi connectivity index (χ2n) is 0.761. The Balaban J connectivity index is 0.000000162. The number of imidazole rings is 1. The van der Waals surface area contributed by atoms with E-state index in [0.29, 0.717) is 0 Å². The van der Waals surface area contributed by atoms with E-state index in [0.717, 1.165) is 0 Å². The first kappa shape index (κ1) is 6.23. The third-order valence-corrected chi connectivity index (χ3v) is 0.406. The van der Waals surface area contributed by atoms with Crippen LogP contribution in [0.25, 0.3) is 0 Å². The molecule has 0 saturated heterocycles. The third kappa shape index (κ3) is 3.05. The predicted molar refractivity (Wildman–Crippen MR) is 26.7 cm³/mol. The van der Waals surface area contributed by atoms with E-state index in [9.17, 15) is 0 Å². The van der Waals surface area contributed by atoms with Gasteiger partial charge in [-0.25, -0.2) is 4.98 Å². The van der Waals surface area contributed by atoms with Gasteiger partial charge in [0.25, 0.3) is 0 Å². The number of hydrogen-bond acceptors (Lipinski definition) is 3. The minimum absolute atomic E-state index is 1.62. The van der Waals surface area contributed by atoms with Gasteiger partial charge in [0.05, 0.1) is 6.33 Å². The number of aromatic nitrogens is 2. The van der Waals surface area contributed by atoms with Crippen LogP contribution in [0.1, 0.15) is 0 Å². The summed E-state index contributed by atoms with van der Waals surface area (Å²) in [6, 6.07) is 0. The summed E-state index contributed by atoms with van der Waals surface area (Å²) in [5, 5.41) is 0. The summed E-state index contributed by atoms with van der Waals surface area (Å²) in [7, 11) is 0. The van der Waals surface area contributed by atoms with Gasteiger partial charge in [-0.3, -0.25) is 0 Å². The smallest absolute Gasteiger partial charge is 0.197 e. The summed E-state index contributed by atoms with van der Waals surface area (Å²) >= 11 is 2.83. The number of nitrogens with one attached hydrogen (secondary N) is 1. The molecule has 0 aliphatic heterocycles. The monoisotopic (exact) mass is 116 g/mol. The Morgan fingerprint density at radius 3 is 2.43 bits per heavy atom. The average molecular weight is 116 g/mol. The number of aromatic amines is 1. The molecule has 0 bridgehead atoms. The van der Waals surface area contributed by atoms with Gasteiger partial charge in [0.2, 0.25) is 0 Å². The van der Waals surface area contributed by atoms with Crippen LogP contribution >= 0.6 is 0 Å². The largest absolute Gasteiger partial charge is 0.351 e. The lowest BCUT2D eigenvalue weighted by Gasteiger charge is -1.46. The van der Waals surface area contributed by atoms with E-state index >= 15 is 0 Å². The van der Waals surface area contributed by atoms with Gasteiger partial charge < -0.3 is 4.98 Å². The van der Waals surface area contributed by atoms with Crippen LogP contribution < -0.4 is 0 Å². The molecular weight excluding hydrogens is 112 g/mol. The van der Waals surface area contributed by atoms with Crippen molar-refractivity contribution in [3.8, 4) is 0 Å². The molecule has 1 aromatic rings. The van der Waals surface area contributed by atoms with Gasteiger partial charge in [0, 0.05) is 12.4 Å². The van der Waals surface area contributed by atoms with E-state index < -0.39 is 0 Å². The lowest BCUT2D eigenvalue weighted by Crippen LogP contribution is -1.44. The molecule has 0 aliphatic carbocycles. The zero-order valence-corrected chi connectivity index (χ0v) is 4.31. The highest BCUT2D eigenvalue weighted by Crippen LogP contribution is 1.62. The van der Waals surface area contributed by atoms with Crippen molar-refractivity contribution in [2.45, 2.75) is 0 Å². The molecule has 0 aromatic carbocycles. The van der Waals surface area contributed by atoms with Crippen molar-refractivity contribution in [1.82, 2.24) is 9.97 Å². The quantitative estimate of drug-likeness (QED) is 0.522. The lowest BCUT2D eigenvalue weighted by atomic mass is 11.0. The summed E-state index contributed by atoms with van der Waals surface area (Å²) in [6.45, 7) is 0. The SMILES string of the molecule is O=S.c1c[nH]cn1. The first-order valence-corrected chi connectivity index (χ1v) is 1.93. The molecule has 0 aliphatic rings. The normalized spacial score (nSPS) is 6.29. The predicted octanol–water partition coefficient (Wildman–Crippen LogP) is 0.0734. The maximum atomic E-state index is 7.83. The Labute approximate surface area is 46.3 Å². The van der Waals surface area contributed by atoms with Crippen molar-refractivity contribution < 1.29 is 4.21 Å². The van der Waals surface area contributed by atoms with Gasteiger partial charge in [-0.05, 0) is 0 Å². The molecule has 3 nitrogen and oxygen atoms in total. The zero-order chi connectivity index (χ0) is 5.54. The Morgan fingerprint density at radius 1 is 1.57 bits per heavy atom. The van der Waals surface area contributed by atoms with Crippen LogP contribution in [0.2, 0.25) is 0 Å². The molecule has 0 amide bonds. The minimum Gasteiger partial charge on any atom is -0.351 e. The fraction of sp³-hybridized carbons (Fsp3) is 0. The summed E-state index contributed by atoms with van der Waals surface area (Å²) in [4.78, 5) is 6.42. The average Bonchev–Trinajstić information content (AvgIpc) is 2.23. The lowest BCUT2D eigenvalue weighted by molar-refractivity contribution is 0.702. The van der Waals surface area contributed by atoms with Crippen LogP contribution in [0, 0.1) is 0 Å². The van der Waals surface area contributed by atoms with E-state index in [1.807, 2.05) is 0 Å². The molecule has 0 atom stereocenters. The zero-order valence-electron chi connectivity index (χ0n) is 3.50. The fourth-order valence-corrected chi connectivity index (χ4v) is 0.215. The highest BCUT2D eigenvalue weighted by atomic mass is 32.1. The van der Waals surface area contributed by atoms with E-state index in [1.165, 1.54) is 0 Å². The van der Waals surface area contributed by atoms with E-state index in [2.05, 4.69) is 22.5 Å². The van der Waals surface area contributed by atoms with Crippen molar-refractivity contribution in [2.75, 3.05) is 0 Å². The van der Waals surface area contributed by atoms with Crippen molar-refractivity contribution in [2.24, 2.45) is 0 Å². The molecule has 1 rings (SSSR count). The Bertz CT molecular complexity index is 79.8. The molecular formula is C3H4N2OS. The molecule has 4 heteroatoms. The van der Waals surface area contributed by atoms with Gasteiger partial charge in [-0.15, -0.1) is 0 Å². The van der Waals surface area contributed by atoms with Gasteiger partial charge in [0.1, 0.15) is 0 Å². The van der Waals surface area contributed by atoms with Crippen LogP contribution in [0.15, 0.2) is 18.7 Å². The fourth-order valence-electron chi connectivity index (χ4n) is 0.215. The summed E-state index contributed by atoms with van der Waals surface area (Å²) < 4.78 is 7.83. The Kier molecular flexibility index (Phi) is 4.65. The number of rotatable bonds is 0. The van der Waals surface area contributed by atoms with Gasteiger partial charge >= 0.3 is 0 Å². The Morgan fingerprint density at radius 2 is 2.29 bits per heavy atom. The van der Waals surface area contributed by atoms with Crippen LogP contribution in [0.5, 0.6) is 0 Å². The van der Waals surface area contributed by atoms with E-state index in [-0.39, 0.29) is 0 Å². The van der Waals surface area contributed by atoms with Gasteiger partial charge in [-0.1, -0.05) is 0 Å². The van der Waals surface area contributed by atoms with E-state index in [4.69, 9.17) is 4.21 Å². The standard InChI is InChI=1S/C3H4N2.OS/c1-2-5-3-4-1;1-2/h1-3H,(H,4,5);. The molecule has 1 aromatic heterocycles. The number of H-pyrrole nitrogens is 1. The second kappa shape index (κ2) is 5.23. The van der Waals surface area contributed by atoms with Crippen molar-refractivity contribution in [3.05, 3.63) is 18.7 Å². The van der Waals surface area contributed by atoms with Crippen molar-refractivity contribution in [1.29, 1.82) is 0 Å². The molecule has 0 saturated carbocycles. The first-order valence-electron chi connectivity index (χ1n) is 1.59. The van der Waals surface area contributed by atoms with Crippen molar-refractivity contribution >= 4 is 12.5 Å². The first-order chi connectivity index (χ1) is 3.50. The molecule has 0 radical (unpaired) electrons. The van der Waals surface area contributed by atoms with Gasteiger partial charge in [0.15, 0.2) is 12.5 Å². The molecule has 0 fully saturated rings. The van der Waals surface area contributed by atoms with Crippen LogP contribution in [-0.4, -0.2) is 14.2 Å². The summed E-state index contributed by atoms with van der Waals surface area (Å²) in [5.74, 6) is 0. The Hall–Kier alpha value is -0.770. The van der Waals surface area contributed by atoms with Crippen molar-refractivity contribution in [3.63, 3.8) is 0 Å². The molecule has 1 heterocycles. The second-order valence-corrected chi connectivity index (χ2v) is 0.761. The topological polar surface area (TPSA) is 45.8 Å². The molecule has 38 valence electrons. The minimum atomic E-state index is 1.62. The maximum absolute atomic E-state index is 7.83. The molecule has 7 heavy (non-hydrogen) atoms. The highest BCUT2D eigenvalue weighted by Gasteiger charge is 1.56. The summed E-state index contributed by atoms with van der Waals surface area (Å²) in [5.41, 5.74) is 0. The molecule has 0 spiro atoms. The third-order valence-electron chi connectivity index (χ3n) is 0.406. The molecule has 1 N–H and O–H groups in total. The number of hydrogen-bond donors (Lipinski definition) is 1. The van der Waals surface area contributed by atoms with Crippen LogP contribution in [0.4, 0.5) is 0 Å². The van der Waals surface area contributed by atoms with Crippen LogP contribution in [-0.2, 0) is 12.5 Å². The van der Waals surface area contributed by atoms with Crippen LogP contribution in [0.3, 0.4) is 0 Å². The summed E-state index contributed by atoms with van der Waals surface area (Å²) in [6.07, 6.45) is 5.08. The van der Waals surface area contributed by atoms with Gasteiger partial charge in [-0.2, -0.15) is 4.21 Å².